The van der Waals surface area contributed by atoms with Gasteiger partial charge in [0.25, 0.3) is 0 Å². The van der Waals surface area contributed by atoms with Crippen LogP contribution in [0.1, 0.15) is 35.3 Å². The smallest absolute Gasteiger partial charge is 0.111 e. The fourth-order valence-corrected chi connectivity index (χ4v) is 3.93. The first-order valence-corrected chi connectivity index (χ1v) is 7.71. The van der Waals surface area contributed by atoms with Gasteiger partial charge in [-0.05, 0) is 23.6 Å². The molecule has 0 fully saturated rings. The molecule has 1 aromatic carbocycles. The number of fused-ring (bicyclic) bond motifs is 3. The lowest BCUT2D eigenvalue weighted by Gasteiger charge is -2.12. The molecule has 1 aromatic heterocycles. The molecule has 0 aliphatic heterocycles. The standard InChI is InChI=1S/C14H15BrN2S/c1-7(2)12(16)14-17-13-10-4-3-9(15)5-8(10)6-11(13)18-14/h3-5,7,12H,6,16H2,1-2H3. The molecule has 1 atom stereocenters. The lowest BCUT2D eigenvalue weighted by Crippen LogP contribution is -2.16. The van der Waals surface area contributed by atoms with Crippen molar-refractivity contribution >= 4 is 27.3 Å². The van der Waals surface area contributed by atoms with Crippen molar-refractivity contribution < 1.29 is 0 Å². The van der Waals surface area contributed by atoms with Crippen molar-refractivity contribution in [3.05, 3.63) is 38.1 Å². The predicted octanol–water partition coefficient (Wildman–Crippen LogP) is 4.13. The van der Waals surface area contributed by atoms with Crippen molar-refractivity contribution in [2.75, 3.05) is 0 Å². The number of benzene rings is 1. The SMILES string of the molecule is CC(C)C(N)c1nc2c(s1)Cc1cc(Br)ccc1-2. The van der Waals surface area contributed by atoms with Crippen molar-refractivity contribution in [3.63, 3.8) is 0 Å². The van der Waals surface area contributed by atoms with Crippen molar-refractivity contribution in [1.29, 1.82) is 0 Å². The average Bonchev–Trinajstić information content (AvgIpc) is 2.84. The number of aromatic nitrogens is 1. The highest BCUT2D eigenvalue weighted by molar-refractivity contribution is 9.10. The summed E-state index contributed by atoms with van der Waals surface area (Å²) in [5, 5.41) is 1.07. The van der Waals surface area contributed by atoms with E-state index in [0.717, 1.165) is 21.6 Å². The quantitative estimate of drug-likeness (QED) is 0.770. The molecular formula is C14H15BrN2S. The van der Waals surface area contributed by atoms with Gasteiger partial charge in [-0.3, -0.25) is 0 Å². The van der Waals surface area contributed by atoms with Crippen molar-refractivity contribution in [1.82, 2.24) is 4.98 Å². The first-order chi connectivity index (χ1) is 8.56. The maximum atomic E-state index is 6.18. The Balaban J connectivity index is 2.03. The van der Waals surface area contributed by atoms with E-state index in [4.69, 9.17) is 10.7 Å². The van der Waals surface area contributed by atoms with Crippen LogP contribution in [0.15, 0.2) is 22.7 Å². The molecule has 0 bridgehead atoms. The van der Waals surface area contributed by atoms with Gasteiger partial charge in [0.15, 0.2) is 0 Å². The molecule has 2 N–H and O–H groups in total. The molecule has 94 valence electrons. The molecule has 2 nitrogen and oxygen atoms in total. The van der Waals surface area contributed by atoms with Crippen LogP contribution in [0.2, 0.25) is 0 Å². The molecule has 18 heavy (non-hydrogen) atoms. The van der Waals surface area contributed by atoms with E-state index in [1.807, 2.05) is 0 Å². The summed E-state index contributed by atoms with van der Waals surface area (Å²) in [6.07, 6.45) is 0.993. The number of rotatable bonds is 2. The van der Waals surface area contributed by atoms with Crippen LogP contribution in [0.3, 0.4) is 0 Å². The third-order valence-corrected chi connectivity index (χ3v) is 5.04. The largest absolute Gasteiger partial charge is 0.322 e. The molecule has 0 radical (unpaired) electrons. The summed E-state index contributed by atoms with van der Waals surface area (Å²) in [4.78, 5) is 6.12. The van der Waals surface area contributed by atoms with Crippen LogP contribution >= 0.6 is 27.3 Å². The van der Waals surface area contributed by atoms with Gasteiger partial charge in [0.2, 0.25) is 0 Å². The van der Waals surface area contributed by atoms with Gasteiger partial charge in [-0.2, -0.15) is 0 Å². The topological polar surface area (TPSA) is 38.9 Å². The maximum Gasteiger partial charge on any atom is 0.111 e. The Morgan fingerprint density at radius 2 is 2.17 bits per heavy atom. The van der Waals surface area contributed by atoms with Gasteiger partial charge >= 0.3 is 0 Å². The van der Waals surface area contributed by atoms with Crippen LogP contribution in [-0.4, -0.2) is 4.98 Å². The number of hydrogen-bond acceptors (Lipinski definition) is 3. The molecule has 0 amide bonds. The first-order valence-electron chi connectivity index (χ1n) is 6.10. The van der Waals surface area contributed by atoms with E-state index in [1.54, 1.807) is 11.3 Å². The second-order valence-corrected chi connectivity index (χ2v) is 7.10. The van der Waals surface area contributed by atoms with Crippen molar-refractivity contribution in [2.24, 2.45) is 11.7 Å². The Hall–Kier alpha value is -0.710. The van der Waals surface area contributed by atoms with E-state index in [1.165, 1.54) is 16.0 Å². The monoisotopic (exact) mass is 322 g/mol. The highest BCUT2D eigenvalue weighted by Gasteiger charge is 2.25. The van der Waals surface area contributed by atoms with Gasteiger partial charge in [0.1, 0.15) is 5.01 Å². The van der Waals surface area contributed by atoms with Gasteiger partial charge in [-0.1, -0.05) is 35.8 Å². The van der Waals surface area contributed by atoms with Crippen LogP contribution < -0.4 is 5.73 Å². The third-order valence-electron chi connectivity index (χ3n) is 3.39. The van der Waals surface area contributed by atoms with Crippen LogP contribution in [0, 0.1) is 5.92 Å². The van der Waals surface area contributed by atoms with E-state index in [2.05, 4.69) is 48.0 Å². The molecule has 0 spiro atoms. The summed E-state index contributed by atoms with van der Waals surface area (Å²) >= 11 is 5.29. The van der Waals surface area contributed by atoms with E-state index >= 15 is 0 Å². The molecule has 3 rings (SSSR count). The summed E-state index contributed by atoms with van der Waals surface area (Å²) < 4.78 is 1.13. The molecule has 0 saturated heterocycles. The highest BCUT2D eigenvalue weighted by atomic mass is 79.9. The van der Waals surface area contributed by atoms with Gasteiger partial charge in [0, 0.05) is 21.3 Å². The lowest BCUT2D eigenvalue weighted by molar-refractivity contribution is 0.512. The Labute approximate surface area is 119 Å². The van der Waals surface area contributed by atoms with Crippen LogP contribution in [0.5, 0.6) is 0 Å². The average molecular weight is 323 g/mol. The Kier molecular flexibility index (Phi) is 3.04. The van der Waals surface area contributed by atoms with Crippen molar-refractivity contribution in [2.45, 2.75) is 26.3 Å². The zero-order valence-corrected chi connectivity index (χ0v) is 12.8. The third kappa shape index (κ3) is 1.92. The summed E-state index contributed by atoms with van der Waals surface area (Å²) in [6.45, 7) is 4.28. The first kappa shape index (κ1) is 12.3. The Bertz CT molecular complexity index is 604. The normalized spacial score (nSPS) is 14.7. The minimum absolute atomic E-state index is 0.0551. The molecule has 1 aliphatic carbocycles. The number of hydrogen-bond donors (Lipinski definition) is 1. The highest BCUT2D eigenvalue weighted by Crippen LogP contribution is 2.41. The van der Waals surface area contributed by atoms with E-state index in [0.29, 0.717) is 5.92 Å². The van der Waals surface area contributed by atoms with E-state index in [-0.39, 0.29) is 6.04 Å². The molecule has 1 heterocycles. The number of thiazole rings is 1. The van der Waals surface area contributed by atoms with Gasteiger partial charge in [-0.25, -0.2) is 4.98 Å². The van der Waals surface area contributed by atoms with Crippen molar-refractivity contribution in [3.8, 4) is 11.3 Å². The second-order valence-electron chi connectivity index (χ2n) is 5.07. The molecule has 1 aliphatic rings. The minimum Gasteiger partial charge on any atom is -0.322 e. The zero-order valence-electron chi connectivity index (χ0n) is 10.4. The number of nitrogens with two attached hydrogens (primary N) is 1. The molecule has 4 heteroatoms. The Morgan fingerprint density at radius 3 is 2.89 bits per heavy atom. The number of nitrogens with zero attached hydrogens (tertiary/aromatic N) is 1. The second kappa shape index (κ2) is 4.44. The van der Waals surface area contributed by atoms with Crippen LogP contribution in [0.4, 0.5) is 0 Å². The van der Waals surface area contributed by atoms with E-state index in [9.17, 15) is 0 Å². The lowest BCUT2D eigenvalue weighted by atomic mass is 10.1. The van der Waals surface area contributed by atoms with Gasteiger partial charge < -0.3 is 5.73 Å². The molecule has 2 aromatic rings. The van der Waals surface area contributed by atoms with E-state index < -0.39 is 0 Å². The summed E-state index contributed by atoms with van der Waals surface area (Å²) in [7, 11) is 0. The fraction of sp³-hybridized carbons (Fsp3) is 0.357. The predicted molar refractivity (Wildman–Crippen MR) is 79.8 cm³/mol. The summed E-state index contributed by atoms with van der Waals surface area (Å²) in [5.41, 5.74) is 9.96. The molecule has 1 unspecified atom stereocenters. The van der Waals surface area contributed by atoms with Crippen LogP contribution in [-0.2, 0) is 6.42 Å². The maximum absolute atomic E-state index is 6.18. The Morgan fingerprint density at radius 1 is 1.39 bits per heavy atom. The molecule has 0 saturated carbocycles. The minimum atomic E-state index is 0.0551. The number of halogens is 1. The zero-order chi connectivity index (χ0) is 12.9. The molecular weight excluding hydrogens is 308 g/mol. The fourth-order valence-electron chi connectivity index (χ4n) is 2.24. The van der Waals surface area contributed by atoms with Gasteiger partial charge in [-0.15, -0.1) is 11.3 Å². The summed E-state index contributed by atoms with van der Waals surface area (Å²) in [6, 6.07) is 6.47. The summed E-state index contributed by atoms with van der Waals surface area (Å²) in [5.74, 6) is 0.431. The van der Waals surface area contributed by atoms with Gasteiger partial charge in [0.05, 0.1) is 11.7 Å². The van der Waals surface area contributed by atoms with Crippen LogP contribution in [0.25, 0.3) is 11.3 Å².